The lowest BCUT2D eigenvalue weighted by atomic mass is 10.1. The molecule has 140 valence electrons. The van der Waals surface area contributed by atoms with Crippen molar-refractivity contribution >= 4 is 21.8 Å². The molecule has 0 unspecified atom stereocenters. The van der Waals surface area contributed by atoms with E-state index in [0.29, 0.717) is 17.5 Å². The fraction of sp³-hybridized carbons (Fsp3) is 0.250. The molecule has 1 atom stereocenters. The molecule has 0 N–H and O–H groups in total. The number of rotatable bonds is 6. The van der Waals surface area contributed by atoms with Crippen LogP contribution in [-0.4, -0.2) is 34.1 Å². The fourth-order valence-corrected chi connectivity index (χ4v) is 2.76. The quantitative estimate of drug-likeness (QED) is 0.586. The Labute approximate surface area is 166 Å². The molecule has 0 aliphatic rings. The van der Waals surface area contributed by atoms with Crippen LogP contribution in [0.2, 0.25) is 0 Å². The first-order chi connectivity index (χ1) is 12.9. The largest absolute Gasteiger partial charge is 0.481 e. The fourth-order valence-electron chi connectivity index (χ4n) is 2.50. The van der Waals surface area contributed by atoms with Gasteiger partial charge in [0.15, 0.2) is 6.10 Å². The zero-order chi connectivity index (χ0) is 19.4. The van der Waals surface area contributed by atoms with Crippen LogP contribution in [0.25, 0.3) is 11.4 Å². The van der Waals surface area contributed by atoms with Gasteiger partial charge in [-0.2, -0.15) is 4.98 Å². The van der Waals surface area contributed by atoms with E-state index in [9.17, 15) is 4.79 Å². The zero-order valence-electron chi connectivity index (χ0n) is 15.3. The smallest absolute Gasteiger partial charge is 0.263 e. The summed E-state index contributed by atoms with van der Waals surface area (Å²) in [5, 5.41) is 3.99. The SMILES string of the molecule is Cc1ccc(-c2noc(CN(C)C(=O)[C@H](C)Oc3ccc(Br)cc3)n2)cc1. The lowest BCUT2D eigenvalue weighted by molar-refractivity contribution is -0.137. The average Bonchev–Trinajstić information content (AvgIpc) is 3.12. The van der Waals surface area contributed by atoms with Crippen LogP contribution in [0.1, 0.15) is 18.4 Å². The van der Waals surface area contributed by atoms with Crippen LogP contribution in [-0.2, 0) is 11.3 Å². The molecule has 0 aliphatic heterocycles. The summed E-state index contributed by atoms with van der Waals surface area (Å²) in [6.45, 7) is 3.95. The number of aryl methyl sites for hydroxylation is 1. The minimum absolute atomic E-state index is 0.173. The molecule has 0 radical (unpaired) electrons. The second-order valence-corrected chi connectivity index (χ2v) is 7.20. The molecule has 0 aliphatic carbocycles. The van der Waals surface area contributed by atoms with Gasteiger partial charge in [0.2, 0.25) is 11.7 Å². The molecule has 0 bridgehead atoms. The van der Waals surface area contributed by atoms with Crippen molar-refractivity contribution in [3.63, 3.8) is 0 Å². The highest BCUT2D eigenvalue weighted by Crippen LogP contribution is 2.19. The first kappa shape index (κ1) is 19.1. The van der Waals surface area contributed by atoms with Crippen molar-refractivity contribution in [1.29, 1.82) is 0 Å². The summed E-state index contributed by atoms with van der Waals surface area (Å²) < 4.78 is 11.9. The van der Waals surface area contributed by atoms with Gasteiger partial charge in [-0.25, -0.2) is 0 Å². The Kier molecular flexibility index (Phi) is 5.91. The second kappa shape index (κ2) is 8.35. The number of likely N-dealkylation sites (N-methyl/N-ethyl adjacent to an activating group) is 1. The lowest BCUT2D eigenvalue weighted by Gasteiger charge is -2.20. The first-order valence-electron chi connectivity index (χ1n) is 8.49. The maximum Gasteiger partial charge on any atom is 0.263 e. The number of carbonyl (C=O) groups is 1. The van der Waals surface area contributed by atoms with Crippen molar-refractivity contribution in [3.8, 4) is 17.1 Å². The molecule has 0 spiro atoms. The lowest BCUT2D eigenvalue weighted by Crippen LogP contribution is -2.37. The summed E-state index contributed by atoms with van der Waals surface area (Å²) >= 11 is 3.37. The monoisotopic (exact) mass is 429 g/mol. The minimum Gasteiger partial charge on any atom is -0.481 e. The molecular weight excluding hydrogens is 410 g/mol. The summed E-state index contributed by atoms with van der Waals surface area (Å²) in [5.74, 6) is 1.34. The van der Waals surface area contributed by atoms with Gasteiger partial charge in [-0.3, -0.25) is 4.79 Å². The number of hydrogen-bond donors (Lipinski definition) is 0. The van der Waals surface area contributed by atoms with E-state index < -0.39 is 6.10 Å². The molecule has 2 aromatic carbocycles. The number of ether oxygens (including phenoxy) is 1. The number of aromatic nitrogens is 2. The molecule has 0 saturated heterocycles. The Hall–Kier alpha value is -2.67. The summed E-state index contributed by atoms with van der Waals surface area (Å²) in [6, 6.07) is 15.2. The highest BCUT2D eigenvalue weighted by atomic mass is 79.9. The number of halogens is 1. The van der Waals surface area contributed by atoms with Gasteiger partial charge in [-0.1, -0.05) is 50.9 Å². The van der Waals surface area contributed by atoms with Gasteiger partial charge < -0.3 is 14.2 Å². The van der Waals surface area contributed by atoms with E-state index in [0.717, 1.165) is 15.6 Å². The molecule has 0 saturated carbocycles. The number of hydrogen-bond acceptors (Lipinski definition) is 5. The summed E-state index contributed by atoms with van der Waals surface area (Å²) in [6.07, 6.45) is -0.629. The van der Waals surface area contributed by atoms with E-state index in [2.05, 4.69) is 26.1 Å². The Balaban J connectivity index is 1.60. The highest BCUT2D eigenvalue weighted by Gasteiger charge is 2.21. The van der Waals surface area contributed by atoms with E-state index in [4.69, 9.17) is 9.26 Å². The third-order valence-corrected chi connectivity index (χ3v) is 4.53. The third-order valence-electron chi connectivity index (χ3n) is 4.00. The van der Waals surface area contributed by atoms with E-state index in [1.165, 1.54) is 4.90 Å². The van der Waals surface area contributed by atoms with Crippen LogP contribution in [0.3, 0.4) is 0 Å². The third kappa shape index (κ3) is 4.95. The molecule has 0 fully saturated rings. The molecule has 6 nitrogen and oxygen atoms in total. The normalized spacial score (nSPS) is 11.9. The summed E-state index contributed by atoms with van der Waals surface area (Å²) in [4.78, 5) is 18.4. The number of benzene rings is 2. The minimum atomic E-state index is -0.629. The zero-order valence-corrected chi connectivity index (χ0v) is 16.9. The van der Waals surface area contributed by atoms with E-state index >= 15 is 0 Å². The molecule has 7 heteroatoms. The molecular formula is C20H20BrN3O3. The highest BCUT2D eigenvalue weighted by molar-refractivity contribution is 9.10. The predicted molar refractivity (Wildman–Crippen MR) is 105 cm³/mol. The van der Waals surface area contributed by atoms with E-state index in [1.54, 1.807) is 26.1 Å². The second-order valence-electron chi connectivity index (χ2n) is 6.29. The van der Waals surface area contributed by atoms with Crippen molar-refractivity contribution in [2.24, 2.45) is 0 Å². The molecule has 3 aromatic rings. The van der Waals surface area contributed by atoms with Gasteiger partial charge in [-0.05, 0) is 38.1 Å². The van der Waals surface area contributed by atoms with Gasteiger partial charge in [0.1, 0.15) is 5.75 Å². The van der Waals surface area contributed by atoms with Gasteiger partial charge in [0.25, 0.3) is 5.91 Å². The van der Waals surface area contributed by atoms with Crippen LogP contribution < -0.4 is 4.74 Å². The standard InChI is InChI=1S/C20H20BrN3O3/c1-13-4-6-15(7-5-13)19-22-18(27-23-19)12-24(3)20(25)14(2)26-17-10-8-16(21)9-11-17/h4-11,14H,12H2,1-3H3/t14-/m0/s1. The van der Waals surface area contributed by atoms with Gasteiger partial charge in [-0.15, -0.1) is 0 Å². The van der Waals surface area contributed by atoms with Gasteiger partial charge in [0.05, 0.1) is 6.54 Å². The Morgan fingerprint density at radius 2 is 1.85 bits per heavy atom. The van der Waals surface area contributed by atoms with Crippen molar-refractivity contribution < 1.29 is 14.1 Å². The summed E-state index contributed by atoms with van der Waals surface area (Å²) in [5.41, 5.74) is 2.03. The predicted octanol–water partition coefficient (Wildman–Crippen LogP) is 4.23. The molecule has 1 heterocycles. The molecule has 1 aromatic heterocycles. The average molecular weight is 430 g/mol. The van der Waals surface area contributed by atoms with Crippen LogP contribution in [0.5, 0.6) is 5.75 Å². The Morgan fingerprint density at radius 3 is 2.52 bits per heavy atom. The number of carbonyl (C=O) groups excluding carboxylic acids is 1. The Morgan fingerprint density at radius 1 is 1.19 bits per heavy atom. The van der Waals surface area contributed by atoms with Crippen molar-refractivity contribution in [1.82, 2.24) is 15.0 Å². The molecule has 3 rings (SSSR count). The van der Waals surface area contributed by atoms with Crippen molar-refractivity contribution in [2.75, 3.05) is 7.05 Å². The maximum absolute atomic E-state index is 12.5. The molecule has 1 amide bonds. The number of nitrogens with zero attached hydrogens (tertiary/aromatic N) is 3. The topological polar surface area (TPSA) is 68.5 Å². The Bertz CT molecular complexity index is 907. The van der Waals surface area contributed by atoms with Crippen LogP contribution >= 0.6 is 15.9 Å². The van der Waals surface area contributed by atoms with E-state index in [-0.39, 0.29) is 12.5 Å². The first-order valence-corrected chi connectivity index (χ1v) is 9.28. The van der Waals surface area contributed by atoms with Crippen molar-refractivity contribution in [3.05, 3.63) is 64.5 Å². The van der Waals surface area contributed by atoms with Crippen molar-refractivity contribution in [2.45, 2.75) is 26.5 Å². The maximum atomic E-state index is 12.5. The summed E-state index contributed by atoms with van der Waals surface area (Å²) in [7, 11) is 1.68. The van der Waals surface area contributed by atoms with Crippen LogP contribution in [0, 0.1) is 6.92 Å². The van der Waals surface area contributed by atoms with Crippen LogP contribution in [0.4, 0.5) is 0 Å². The van der Waals surface area contributed by atoms with E-state index in [1.807, 2.05) is 43.3 Å². The van der Waals surface area contributed by atoms with Crippen LogP contribution in [0.15, 0.2) is 57.5 Å². The number of amides is 1. The van der Waals surface area contributed by atoms with Gasteiger partial charge in [0, 0.05) is 17.1 Å². The molecule has 27 heavy (non-hydrogen) atoms. The van der Waals surface area contributed by atoms with Gasteiger partial charge >= 0.3 is 0 Å².